The maximum Gasteiger partial charge on any atom is 0.240 e. The Morgan fingerprint density at radius 1 is 1.12 bits per heavy atom. The molecule has 1 heterocycles. The molecule has 1 aliphatic carbocycles. The van der Waals surface area contributed by atoms with Crippen molar-refractivity contribution in [3.05, 3.63) is 24.3 Å². The molecule has 2 aliphatic rings. The number of nitrogens with zero attached hydrogens (tertiary/aromatic N) is 1. The first-order chi connectivity index (χ1) is 11.5. The van der Waals surface area contributed by atoms with Gasteiger partial charge in [0.2, 0.25) is 15.9 Å². The lowest BCUT2D eigenvalue weighted by Gasteiger charge is -2.30. The van der Waals surface area contributed by atoms with E-state index in [1.165, 1.54) is 0 Å². The van der Waals surface area contributed by atoms with E-state index in [0.717, 1.165) is 37.8 Å². The van der Waals surface area contributed by atoms with Gasteiger partial charge in [-0.15, -0.1) is 0 Å². The lowest BCUT2D eigenvalue weighted by Crippen LogP contribution is -2.43. The third-order valence-corrected chi connectivity index (χ3v) is 6.49. The molecule has 7 heteroatoms. The fourth-order valence-electron chi connectivity index (χ4n) is 3.58. The Balaban J connectivity index is 1.73. The van der Waals surface area contributed by atoms with Crippen LogP contribution in [0.2, 0.25) is 0 Å². The average Bonchev–Trinajstić information content (AvgIpc) is 3.01. The van der Waals surface area contributed by atoms with E-state index in [1.807, 2.05) is 0 Å². The number of anilines is 1. The number of carbonyl (C=O) groups excluding carboxylic acids is 1. The largest absolute Gasteiger partial charge is 0.396 e. The molecule has 0 bridgehead atoms. The Labute approximate surface area is 142 Å². The monoisotopic (exact) mass is 352 g/mol. The molecule has 132 valence electrons. The molecule has 1 saturated carbocycles. The zero-order valence-corrected chi connectivity index (χ0v) is 14.5. The summed E-state index contributed by atoms with van der Waals surface area (Å²) in [6, 6.07) is 6.23. The predicted octanol–water partition coefficient (Wildman–Crippen LogP) is 1.64. The minimum Gasteiger partial charge on any atom is -0.396 e. The quantitative estimate of drug-likeness (QED) is 0.843. The van der Waals surface area contributed by atoms with Gasteiger partial charge in [-0.05, 0) is 49.4 Å². The first kappa shape index (κ1) is 17.4. The van der Waals surface area contributed by atoms with Gasteiger partial charge in [-0.25, -0.2) is 13.1 Å². The predicted molar refractivity (Wildman–Crippen MR) is 91.2 cm³/mol. The molecule has 0 radical (unpaired) electrons. The molecule has 0 unspecified atom stereocenters. The van der Waals surface area contributed by atoms with Crippen LogP contribution in [0.1, 0.15) is 38.5 Å². The summed E-state index contributed by atoms with van der Waals surface area (Å²) in [4.78, 5) is 13.6. The summed E-state index contributed by atoms with van der Waals surface area (Å²) in [5.41, 5.74) is 0.738. The van der Waals surface area contributed by atoms with E-state index in [9.17, 15) is 18.3 Å². The van der Waals surface area contributed by atoms with Crippen LogP contribution in [0.5, 0.6) is 0 Å². The summed E-state index contributed by atoms with van der Waals surface area (Å²) in [6.45, 7) is 0.687. The second kappa shape index (κ2) is 7.21. The Hall–Kier alpha value is -1.44. The molecule has 24 heavy (non-hydrogen) atoms. The lowest BCUT2D eigenvalue weighted by atomic mass is 9.86. The standard InChI is InChI=1S/C17H24N2O4S/c20-12-13-4-1-2-5-16(13)18-24(22,23)15-9-7-14(8-10-15)19-11-3-6-17(19)21/h7-10,13,16,18,20H,1-6,11-12H2/t13-,16-/m1/s1. The van der Waals surface area contributed by atoms with E-state index in [1.54, 1.807) is 29.2 Å². The molecular formula is C17H24N2O4S. The molecule has 1 aromatic rings. The number of rotatable bonds is 5. The normalized spacial score (nSPS) is 25.2. The van der Waals surface area contributed by atoms with Crippen LogP contribution in [0.3, 0.4) is 0 Å². The van der Waals surface area contributed by atoms with Crippen LogP contribution in [0, 0.1) is 5.92 Å². The number of aliphatic hydroxyl groups is 1. The van der Waals surface area contributed by atoms with Crippen LogP contribution < -0.4 is 9.62 Å². The van der Waals surface area contributed by atoms with Gasteiger partial charge in [-0.2, -0.15) is 0 Å². The highest BCUT2D eigenvalue weighted by atomic mass is 32.2. The second-order valence-corrected chi connectivity index (χ2v) is 8.31. The first-order valence-electron chi connectivity index (χ1n) is 8.55. The molecule has 1 aliphatic heterocycles. The van der Waals surface area contributed by atoms with Crippen molar-refractivity contribution in [3.63, 3.8) is 0 Å². The Morgan fingerprint density at radius 3 is 2.46 bits per heavy atom. The summed E-state index contributed by atoms with van der Waals surface area (Å²) in [5.74, 6) is 0.0618. The molecule has 1 saturated heterocycles. The summed E-state index contributed by atoms with van der Waals surface area (Å²) in [7, 11) is -3.62. The fourth-order valence-corrected chi connectivity index (χ4v) is 4.91. The second-order valence-electron chi connectivity index (χ2n) is 6.60. The molecule has 0 spiro atoms. The Bertz CT molecular complexity index is 687. The van der Waals surface area contributed by atoms with E-state index in [4.69, 9.17) is 0 Å². The van der Waals surface area contributed by atoms with E-state index < -0.39 is 10.0 Å². The number of aliphatic hydroxyl groups excluding tert-OH is 1. The van der Waals surface area contributed by atoms with Crippen LogP contribution in [0.25, 0.3) is 0 Å². The Kier molecular flexibility index (Phi) is 5.22. The van der Waals surface area contributed by atoms with Gasteiger partial charge in [0.05, 0.1) is 4.90 Å². The van der Waals surface area contributed by atoms with E-state index in [0.29, 0.717) is 13.0 Å². The highest BCUT2D eigenvalue weighted by molar-refractivity contribution is 7.89. The van der Waals surface area contributed by atoms with Crippen molar-refractivity contribution < 1.29 is 18.3 Å². The van der Waals surface area contributed by atoms with Crippen molar-refractivity contribution >= 4 is 21.6 Å². The summed E-state index contributed by atoms with van der Waals surface area (Å²) < 4.78 is 27.9. The van der Waals surface area contributed by atoms with Crippen LogP contribution in [-0.4, -0.2) is 38.6 Å². The molecule has 2 fully saturated rings. The van der Waals surface area contributed by atoms with Crippen molar-refractivity contribution in [1.29, 1.82) is 0 Å². The average molecular weight is 352 g/mol. The molecule has 3 rings (SSSR count). The zero-order valence-electron chi connectivity index (χ0n) is 13.6. The highest BCUT2D eigenvalue weighted by Gasteiger charge is 2.29. The number of hydrogen-bond donors (Lipinski definition) is 2. The molecule has 2 atom stereocenters. The summed E-state index contributed by atoms with van der Waals surface area (Å²) in [6.07, 6.45) is 4.99. The third-order valence-electron chi connectivity index (χ3n) is 4.98. The SMILES string of the molecule is O=C1CCCN1c1ccc(S(=O)(=O)N[C@@H]2CCCC[C@@H]2CO)cc1. The fraction of sp³-hybridized carbons (Fsp3) is 0.588. The number of hydrogen-bond acceptors (Lipinski definition) is 4. The van der Waals surface area contributed by atoms with Crippen molar-refractivity contribution in [1.82, 2.24) is 4.72 Å². The van der Waals surface area contributed by atoms with Crippen LogP contribution in [0.15, 0.2) is 29.2 Å². The molecule has 1 aromatic carbocycles. The zero-order chi connectivity index (χ0) is 17.2. The number of amides is 1. The van der Waals surface area contributed by atoms with Crippen molar-refractivity contribution in [3.8, 4) is 0 Å². The maximum absolute atomic E-state index is 12.6. The van der Waals surface area contributed by atoms with E-state index in [2.05, 4.69) is 4.72 Å². The molecule has 1 amide bonds. The van der Waals surface area contributed by atoms with Crippen LogP contribution >= 0.6 is 0 Å². The number of benzene rings is 1. The molecular weight excluding hydrogens is 328 g/mol. The molecule has 2 N–H and O–H groups in total. The smallest absolute Gasteiger partial charge is 0.240 e. The van der Waals surface area contributed by atoms with Gasteiger partial charge in [0.15, 0.2) is 0 Å². The van der Waals surface area contributed by atoms with Gasteiger partial charge in [0, 0.05) is 31.3 Å². The Morgan fingerprint density at radius 2 is 1.83 bits per heavy atom. The third kappa shape index (κ3) is 3.63. The number of nitrogens with one attached hydrogen (secondary N) is 1. The van der Waals surface area contributed by atoms with Crippen molar-refractivity contribution in [2.45, 2.75) is 49.5 Å². The summed E-state index contributed by atoms with van der Waals surface area (Å²) in [5, 5.41) is 9.44. The van der Waals surface area contributed by atoms with E-state index in [-0.39, 0.29) is 29.4 Å². The van der Waals surface area contributed by atoms with Crippen molar-refractivity contribution in [2.75, 3.05) is 18.1 Å². The van der Waals surface area contributed by atoms with Crippen LogP contribution in [0.4, 0.5) is 5.69 Å². The van der Waals surface area contributed by atoms with Crippen molar-refractivity contribution in [2.24, 2.45) is 5.92 Å². The minimum atomic E-state index is -3.62. The van der Waals surface area contributed by atoms with Gasteiger partial charge < -0.3 is 10.0 Å². The topological polar surface area (TPSA) is 86.7 Å². The van der Waals surface area contributed by atoms with Gasteiger partial charge >= 0.3 is 0 Å². The first-order valence-corrected chi connectivity index (χ1v) is 10.0. The van der Waals surface area contributed by atoms with Gasteiger partial charge in [0.25, 0.3) is 0 Å². The highest BCUT2D eigenvalue weighted by Crippen LogP contribution is 2.27. The van der Waals surface area contributed by atoms with Gasteiger partial charge in [-0.3, -0.25) is 4.79 Å². The minimum absolute atomic E-state index is 0.00317. The number of sulfonamides is 1. The van der Waals surface area contributed by atoms with Crippen LogP contribution in [-0.2, 0) is 14.8 Å². The molecule has 6 nitrogen and oxygen atoms in total. The number of carbonyl (C=O) groups is 1. The van der Waals surface area contributed by atoms with Gasteiger partial charge in [-0.1, -0.05) is 12.8 Å². The summed E-state index contributed by atoms with van der Waals surface area (Å²) >= 11 is 0. The lowest BCUT2D eigenvalue weighted by molar-refractivity contribution is -0.117. The van der Waals surface area contributed by atoms with Gasteiger partial charge in [0.1, 0.15) is 0 Å². The maximum atomic E-state index is 12.6. The molecule has 0 aromatic heterocycles. The van der Waals surface area contributed by atoms with E-state index >= 15 is 0 Å².